The van der Waals surface area contributed by atoms with Crippen LogP contribution in [0.5, 0.6) is 0 Å². The van der Waals surface area contributed by atoms with E-state index in [4.69, 9.17) is 0 Å². The quantitative estimate of drug-likeness (QED) is 0.893. The third-order valence-corrected chi connectivity index (χ3v) is 4.67. The number of nitrogens with zero attached hydrogens (tertiary/aromatic N) is 1. The lowest BCUT2D eigenvalue weighted by atomic mass is 9.79. The average Bonchev–Trinajstić information content (AvgIpc) is 2.68. The number of aliphatic carboxylic acids is 1. The number of hydrogen-bond donors (Lipinski definition) is 2. The molecule has 0 aromatic carbocycles. The van der Waals surface area contributed by atoms with Crippen molar-refractivity contribution in [1.82, 2.24) is 4.98 Å². The lowest BCUT2D eigenvalue weighted by Gasteiger charge is -2.26. The van der Waals surface area contributed by atoms with Crippen molar-refractivity contribution in [3.8, 4) is 0 Å². The smallest absolute Gasteiger partial charge is 0.307 e. The Kier molecular flexibility index (Phi) is 4.19. The van der Waals surface area contributed by atoms with Crippen LogP contribution in [0.3, 0.4) is 0 Å². The summed E-state index contributed by atoms with van der Waals surface area (Å²) in [4.78, 5) is 28.7. The maximum absolute atomic E-state index is 12.2. The van der Waals surface area contributed by atoms with Gasteiger partial charge in [-0.3, -0.25) is 9.59 Å². The zero-order valence-corrected chi connectivity index (χ0v) is 11.9. The van der Waals surface area contributed by atoms with Crippen molar-refractivity contribution in [2.24, 2.45) is 11.8 Å². The molecule has 1 aromatic heterocycles. The molecule has 1 aliphatic carbocycles. The van der Waals surface area contributed by atoms with Gasteiger partial charge in [0.15, 0.2) is 5.13 Å². The van der Waals surface area contributed by atoms with Crippen LogP contribution >= 0.6 is 11.3 Å². The number of thiazole rings is 1. The predicted octanol–water partition coefficient (Wildman–Crippen LogP) is 2.59. The van der Waals surface area contributed by atoms with Gasteiger partial charge in [-0.25, -0.2) is 4.98 Å². The molecular formula is C13H18N2O3S. The van der Waals surface area contributed by atoms with Crippen LogP contribution in [-0.2, 0) is 9.59 Å². The second kappa shape index (κ2) is 5.69. The summed E-state index contributed by atoms with van der Waals surface area (Å²) in [6, 6.07) is 0. The van der Waals surface area contributed by atoms with E-state index >= 15 is 0 Å². The van der Waals surface area contributed by atoms with Crippen LogP contribution in [0.2, 0.25) is 0 Å². The summed E-state index contributed by atoms with van der Waals surface area (Å²) in [5, 5.41) is 12.5. The molecule has 0 aliphatic heterocycles. The first-order valence-electron chi connectivity index (χ1n) is 6.46. The number of aryl methyl sites for hydroxylation is 2. The van der Waals surface area contributed by atoms with Crippen LogP contribution in [0.15, 0.2) is 0 Å². The van der Waals surface area contributed by atoms with Crippen LogP contribution in [0.1, 0.15) is 36.3 Å². The summed E-state index contributed by atoms with van der Waals surface area (Å²) in [7, 11) is 0. The summed E-state index contributed by atoms with van der Waals surface area (Å²) >= 11 is 1.43. The normalized spacial score (nSPS) is 23.1. The minimum Gasteiger partial charge on any atom is -0.481 e. The average molecular weight is 282 g/mol. The first kappa shape index (κ1) is 14.0. The lowest BCUT2D eigenvalue weighted by Crippen LogP contribution is -2.36. The molecule has 0 bridgehead atoms. The zero-order chi connectivity index (χ0) is 14.0. The number of hydrogen-bond acceptors (Lipinski definition) is 4. The highest BCUT2D eigenvalue weighted by Crippen LogP contribution is 2.32. The van der Waals surface area contributed by atoms with Crippen molar-refractivity contribution in [1.29, 1.82) is 0 Å². The predicted molar refractivity (Wildman–Crippen MR) is 73.3 cm³/mol. The van der Waals surface area contributed by atoms with Gasteiger partial charge in [-0.05, 0) is 26.7 Å². The number of carboxylic acid groups (broad SMARTS) is 1. The van der Waals surface area contributed by atoms with Crippen molar-refractivity contribution in [3.63, 3.8) is 0 Å². The Morgan fingerprint density at radius 1 is 1.26 bits per heavy atom. The van der Waals surface area contributed by atoms with Gasteiger partial charge in [0.2, 0.25) is 5.91 Å². The Morgan fingerprint density at radius 3 is 2.42 bits per heavy atom. The molecule has 2 rings (SSSR count). The summed E-state index contributed by atoms with van der Waals surface area (Å²) in [6.45, 7) is 3.84. The van der Waals surface area contributed by atoms with Gasteiger partial charge in [0, 0.05) is 4.88 Å². The molecule has 0 spiro atoms. The Hall–Kier alpha value is -1.43. The van der Waals surface area contributed by atoms with Gasteiger partial charge in [-0.1, -0.05) is 12.8 Å². The molecule has 1 aliphatic rings. The summed E-state index contributed by atoms with van der Waals surface area (Å²) in [6.07, 6.45) is 3.03. The number of aromatic nitrogens is 1. The van der Waals surface area contributed by atoms with E-state index in [1.54, 1.807) is 0 Å². The van der Waals surface area contributed by atoms with E-state index in [0.717, 1.165) is 23.4 Å². The molecule has 104 valence electrons. The van der Waals surface area contributed by atoms with E-state index in [-0.39, 0.29) is 5.91 Å². The number of carbonyl (C=O) groups is 2. The Morgan fingerprint density at radius 2 is 1.89 bits per heavy atom. The third-order valence-electron chi connectivity index (χ3n) is 3.68. The number of carbonyl (C=O) groups excluding carboxylic acids is 1. The van der Waals surface area contributed by atoms with E-state index < -0.39 is 17.8 Å². The van der Waals surface area contributed by atoms with Gasteiger partial charge in [-0.15, -0.1) is 11.3 Å². The minimum absolute atomic E-state index is 0.208. The SMILES string of the molecule is Cc1nc(NC(=O)[C@@H]2CCCC[C@@H]2C(=O)O)sc1C. The van der Waals surface area contributed by atoms with Gasteiger partial charge in [-0.2, -0.15) is 0 Å². The molecule has 19 heavy (non-hydrogen) atoms. The first-order valence-corrected chi connectivity index (χ1v) is 7.28. The van der Waals surface area contributed by atoms with Gasteiger partial charge in [0.25, 0.3) is 0 Å². The Bertz CT molecular complexity index is 479. The summed E-state index contributed by atoms with van der Waals surface area (Å²) in [5.74, 6) is -2.07. The molecule has 2 atom stereocenters. The van der Waals surface area contributed by atoms with Crippen molar-refractivity contribution in [3.05, 3.63) is 10.6 Å². The van der Waals surface area contributed by atoms with Crippen LogP contribution in [-0.4, -0.2) is 22.0 Å². The number of nitrogens with one attached hydrogen (secondary N) is 1. The Labute approximate surface area is 116 Å². The maximum Gasteiger partial charge on any atom is 0.307 e. The van der Waals surface area contributed by atoms with Gasteiger partial charge < -0.3 is 10.4 Å². The standard InChI is InChI=1S/C13H18N2O3S/c1-7-8(2)19-13(14-7)15-11(16)9-5-3-4-6-10(9)12(17)18/h9-10H,3-6H2,1-2H3,(H,17,18)(H,14,15,16)/t9-,10+/m1/s1. The third kappa shape index (κ3) is 3.12. The van der Waals surface area contributed by atoms with Crippen LogP contribution < -0.4 is 5.32 Å². The number of rotatable bonds is 3. The van der Waals surface area contributed by atoms with E-state index in [2.05, 4.69) is 10.3 Å². The minimum atomic E-state index is -0.869. The van der Waals surface area contributed by atoms with Crippen molar-refractivity contribution >= 4 is 28.3 Å². The van der Waals surface area contributed by atoms with Crippen molar-refractivity contribution < 1.29 is 14.7 Å². The van der Waals surface area contributed by atoms with E-state index in [9.17, 15) is 14.7 Å². The van der Waals surface area contributed by atoms with Crippen molar-refractivity contribution in [2.75, 3.05) is 5.32 Å². The van der Waals surface area contributed by atoms with Crippen molar-refractivity contribution in [2.45, 2.75) is 39.5 Å². The maximum atomic E-state index is 12.2. The number of carboxylic acids is 1. The van der Waals surface area contributed by atoms with E-state index in [1.165, 1.54) is 11.3 Å². The fraction of sp³-hybridized carbons (Fsp3) is 0.615. The molecule has 1 heterocycles. The highest BCUT2D eigenvalue weighted by molar-refractivity contribution is 7.15. The van der Waals surface area contributed by atoms with Crippen LogP contribution in [0.25, 0.3) is 0 Å². The molecule has 1 amide bonds. The van der Waals surface area contributed by atoms with Gasteiger partial charge >= 0.3 is 5.97 Å². The van der Waals surface area contributed by atoms with Crippen LogP contribution in [0.4, 0.5) is 5.13 Å². The molecule has 2 N–H and O–H groups in total. The van der Waals surface area contributed by atoms with Gasteiger partial charge in [0.1, 0.15) is 0 Å². The molecule has 1 aromatic rings. The highest BCUT2D eigenvalue weighted by atomic mass is 32.1. The largest absolute Gasteiger partial charge is 0.481 e. The number of anilines is 1. The van der Waals surface area contributed by atoms with E-state index in [1.807, 2.05) is 13.8 Å². The van der Waals surface area contributed by atoms with Crippen LogP contribution in [0, 0.1) is 25.7 Å². The zero-order valence-electron chi connectivity index (χ0n) is 11.1. The van der Waals surface area contributed by atoms with Gasteiger partial charge in [0.05, 0.1) is 17.5 Å². The second-order valence-corrected chi connectivity index (χ2v) is 6.19. The number of amides is 1. The monoisotopic (exact) mass is 282 g/mol. The molecule has 1 saturated carbocycles. The topological polar surface area (TPSA) is 79.3 Å². The first-order chi connectivity index (χ1) is 8.99. The fourth-order valence-corrected chi connectivity index (χ4v) is 3.28. The molecule has 0 radical (unpaired) electrons. The summed E-state index contributed by atoms with van der Waals surface area (Å²) < 4.78 is 0. The second-order valence-electron chi connectivity index (χ2n) is 4.99. The molecule has 1 fully saturated rings. The molecule has 0 saturated heterocycles. The fourth-order valence-electron chi connectivity index (χ4n) is 2.46. The lowest BCUT2D eigenvalue weighted by molar-refractivity contribution is -0.147. The Balaban J connectivity index is 2.07. The molecular weight excluding hydrogens is 264 g/mol. The summed E-state index contributed by atoms with van der Waals surface area (Å²) in [5.41, 5.74) is 0.902. The molecule has 6 heteroatoms. The van der Waals surface area contributed by atoms with E-state index in [0.29, 0.717) is 18.0 Å². The highest BCUT2D eigenvalue weighted by Gasteiger charge is 2.35. The molecule has 5 nitrogen and oxygen atoms in total. The molecule has 0 unspecified atom stereocenters.